The van der Waals surface area contributed by atoms with Crippen molar-refractivity contribution >= 4 is 17.2 Å². The zero-order valence-electron chi connectivity index (χ0n) is 11.4. The van der Waals surface area contributed by atoms with E-state index in [1.165, 1.54) is 4.88 Å². The Bertz CT molecular complexity index is 375. The summed E-state index contributed by atoms with van der Waals surface area (Å²) in [5, 5.41) is 5.33. The summed E-state index contributed by atoms with van der Waals surface area (Å²) in [4.78, 5) is 15.2. The fourth-order valence-electron chi connectivity index (χ4n) is 2.21. The summed E-state index contributed by atoms with van der Waals surface area (Å²) in [7, 11) is 0. The molecule has 0 radical (unpaired) electrons. The molecule has 5 heteroatoms. The SMILES string of the molecule is CCN(Cc1cccs1)C(=O)COC1CCNCC1. The molecule has 0 bridgehead atoms. The highest BCUT2D eigenvalue weighted by molar-refractivity contribution is 7.09. The average Bonchev–Trinajstić information content (AvgIpc) is 2.96. The molecular weight excluding hydrogens is 260 g/mol. The van der Waals surface area contributed by atoms with Crippen LogP contribution in [-0.4, -0.2) is 43.2 Å². The summed E-state index contributed by atoms with van der Waals surface area (Å²) in [5.74, 6) is 0.0921. The summed E-state index contributed by atoms with van der Waals surface area (Å²) in [5.41, 5.74) is 0. The van der Waals surface area contributed by atoms with Crippen LogP contribution in [0, 0.1) is 0 Å². The lowest BCUT2D eigenvalue weighted by Gasteiger charge is -2.25. The number of nitrogens with one attached hydrogen (secondary N) is 1. The summed E-state index contributed by atoms with van der Waals surface area (Å²) in [6.45, 7) is 5.63. The van der Waals surface area contributed by atoms with Crippen LogP contribution < -0.4 is 5.32 Å². The maximum absolute atomic E-state index is 12.1. The molecule has 1 aliphatic heterocycles. The molecule has 1 saturated heterocycles. The minimum atomic E-state index is 0.0921. The van der Waals surface area contributed by atoms with Gasteiger partial charge in [0.1, 0.15) is 6.61 Å². The predicted octanol–water partition coefficient (Wildman–Crippen LogP) is 1.87. The molecule has 1 aromatic heterocycles. The zero-order valence-corrected chi connectivity index (χ0v) is 12.2. The van der Waals surface area contributed by atoms with Crippen molar-refractivity contribution in [3.05, 3.63) is 22.4 Å². The molecule has 1 amide bonds. The van der Waals surface area contributed by atoms with Gasteiger partial charge in [0.15, 0.2) is 0 Å². The van der Waals surface area contributed by atoms with Gasteiger partial charge < -0.3 is 15.0 Å². The van der Waals surface area contributed by atoms with Gasteiger partial charge in [-0.2, -0.15) is 0 Å². The lowest BCUT2D eigenvalue weighted by molar-refractivity contribution is -0.139. The van der Waals surface area contributed by atoms with E-state index in [2.05, 4.69) is 11.4 Å². The van der Waals surface area contributed by atoms with Crippen molar-refractivity contribution in [2.75, 3.05) is 26.2 Å². The Morgan fingerprint density at radius 1 is 1.53 bits per heavy atom. The van der Waals surface area contributed by atoms with Crippen molar-refractivity contribution in [2.24, 2.45) is 0 Å². The predicted molar refractivity (Wildman–Crippen MR) is 77.3 cm³/mol. The molecule has 0 unspecified atom stereocenters. The molecule has 2 rings (SSSR count). The quantitative estimate of drug-likeness (QED) is 0.866. The normalized spacial score (nSPS) is 16.5. The number of hydrogen-bond acceptors (Lipinski definition) is 4. The highest BCUT2D eigenvalue weighted by atomic mass is 32.1. The first kappa shape index (κ1) is 14.5. The number of rotatable bonds is 6. The van der Waals surface area contributed by atoms with E-state index in [0.29, 0.717) is 6.54 Å². The second-order valence-corrected chi connectivity index (χ2v) is 5.78. The molecule has 1 aromatic rings. The number of hydrogen-bond donors (Lipinski definition) is 1. The standard InChI is InChI=1S/C14H22N2O2S/c1-2-16(10-13-4-3-9-19-13)14(17)11-18-12-5-7-15-8-6-12/h3-4,9,12,15H,2,5-8,10-11H2,1H3. The van der Waals surface area contributed by atoms with Crippen LogP contribution in [0.25, 0.3) is 0 Å². The van der Waals surface area contributed by atoms with Gasteiger partial charge in [0.05, 0.1) is 12.6 Å². The number of likely N-dealkylation sites (N-methyl/N-ethyl adjacent to an activating group) is 1. The second kappa shape index (κ2) is 7.62. The number of ether oxygens (including phenoxy) is 1. The molecule has 1 N–H and O–H groups in total. The van der Waals surface area contributed by atoms with Gasteiger partial charge in [-0.1, -0.05) is 6.07 Å². The van der Waals surface area contributed by atoms with Gasteiger partial charge in [0.25, 0.3) is 0 Å². The van der Waals surface area contributed by atoms with Gasteiger partial charge >= 0.3 is 0 Å². The molecule has 106 valence electrons. The van der Waals surface area contributed by atoms with Crippen molar-refractivity contribution in [2.45, 2.75) is 32.4 Å². The number of thiophene rings is 1. The Hall–Kier alpha value is -0.910. The van der Waals surface area contributed by atoms with Gasteiger partial charge in [-0.3, -0.25) is 4.79 Å². The molecule has 1 fully saturated rings. The lowest BCUT2D eigenvalue weighted by atomic mass is 10.1. The smallest absolute Gasteiger partial charge is 0.248 e. The third kappa shape index (κ3) is 4.60. The number of nitrogens with zero attached hydrogens (tertiary/aromatic N) is 1. The molecule has 0 aromatic carbocycles. The van der Waals surface area contributed by atoms with Crippen LogP contribution in [0.15, 0.2) is 17.5 Å². The molecule has 0 atom stereocenters. The van der Waals surface area contributed by atoms with E-state index in [1.807, 2.05) is 23.3 Å². The van der Waals surface area contributed by atoms with Crippen LogP contribution in [0.1, 0.15) is 24.6 Å². The Kier molecular flexibility index (Phi) is 5.82. The fourth-order valence-corrected chi connectivity index (χ4v) is 2.93. The zero-order chi connectivity index (χ0) is 13.5. The van der Waals surface area contributed by atoms with E-state index in [-0.39, 0.29) is 18.6 Å². The maximum Gasteiger partial charge on any atom is 0.248 e. The average molecular weight is 282 g/mol. The van der Waals surface area contributed by atoms with Crippen LogP contribution in [0.3, 0.4) is 0 Å². The molecule has 2 heterocycles. The number of piperidine rings is 1. The van der Waals surface area contributed by atoms with E-state index in [0.717, 1.165) is 32.5 Å². The first-order valence-electron chi connectivity index (χ1n) is 6.92. The van der Waals surface area contributed by atoms with E-state index in [4.69, 9.17) is 4.74 Å². The molecule has 4 nitrogen and oxygen atoms in total. The van der Waals surface area contributed by atoms with Crippen molar-refractivity contribution in [3.8, 4) is 0 Å². The van der Waals surface area contributed by atoms with Gasteiger partial charge in [0, 0.05) is 11.4 Å². The first-order chi connectivity index (χ1) is 9.29. The Balaban J connectivity index is 1.76. The van der Waals surface area contributed by atoms with Crippen molar-refractivity contribution in [1.82, 2.24) is 10.2 Å². The first-order valence-corrected chi connectivity index (χ1v) is 7.80. The minimum absolute atomic E-state index is 0.0921. The summed E-state index contributed by atoms with van der Waals surface area (Å²) in [6.07, 6.45) is 2.25. The van der Waals surface area contributed by atoms with Crippen LogP contribution in [0.4, 0.5) is 0 Å². The van der Waals surface area contributed by atoms with E-state index in [1.54, 1.807) is 11.3 Å². The fraction of sp³-hybridized carbons (Fsp3) is 0.643. The molecule has 0 saturated carbocycles. The second-order valence-electron chi connectivity index (χ2n) is 4.75. The van der Waals surface area contributed by atoms with E-state index in [9.17, 15) is 4.79 Å². The molecular formula is C14H22N2O2S. The van der Waals surface area contributed by atoms with Crippen molar-refractivity contribution < 1.29 is 9.53 Å². The maximum atomic E-state index is 12.1. The van der Waals surface area contributed by atoms with Gasteiger partial charge in [-0.25, -0.2) is 0 Å². The third-order valence-electron chi connectivity index (χ3n) is 3.39. The van der Waals surface area contributed by atoms with Crippen LogP contribution in [-0.2, 0) is 16.1 Å². The van der Waals surface area contributed by atoms with Gasteiger partial charge in [-0.15, -0.1) is 11.3 Å². The van der Waals surface area contributed by atoms with Crippen LogP contribution >= 0.6 is 11.3 Å². The number of amides is 1. The van der Waals surface area contributed by atoms with Gasteiger partial charge in [0.2, 0.25) is 5.91 Å². The number of carbonyl (C=O) groups excluding carboxylic acids is 1. The molecule has 0 spiro atoms. The topological polar surface area (TPSA) is 41.6 Å². The lowest BCUT2D eigenvalue weighted by Crippen LogP contribution is -2.37. The highest BCUT2D eigenvalue weighted by Gasteiger charge is 2.17. The largest absolute Gasteiger partial charge is 0.368 e. The minimum Gasteiger partial charge on any atom is -0.368 e. The molecule has 0 aliphatic carbocycles. The van der Waals surface area contributed by atoms with Gasteiger partial charge in [-0.05, 0) is 44.3 Å². The summed E-state index contributed by atoms with van der Waals surface area (Å²) >= 11 is 1.69. The monoisotopic (exact) mass is 282 g/mol. The Morgan fingerprint density at radius 3 is 2.95 bits per heavy atom. The van der Waals surface area contributed by atoms with Crippen molar-refractivity contribution in [1.29, 1.82) is 0 Å². The Labute approximate surface area is 118 Å². The van der Waals surface area contributed by atoms with E-state index >= 15 is 0 Å². The Morgan fingerprint density at radius 2 is 2.32 bits per heavy atom. The van der Waals surface area contributed by atoms with Crippen molar-refractivity contribution in [3.63, 3.8) is 0 Å². The third-order valence-corrected chi connectivity index (χ3v) is 4.25. The number of carbonyl (C=O) groups is 1. The van der Waals surface area contributed by atoms with Crippen LogP contribution in [0.5, 0.6) is 0 Å². The van der Waals surface area contributed by atoms with Crippen LogP contribution in [0.2, 0.25) is 0 Å². The summed E-state index contributed by atoms with van der Waals surface area (Å²) in [6, 6.07) is 4.08. The highest BCUT2D eigenvalue weighted by Crippen LogP contribution is 2.13. The van der Waals surface area contributed by atoms with E-state index < -0.39 is 0 Å². The molecule has 1 aliphatic rings. The molecule has 19 heavy (non-hydrogen) atoms. The summed E-state index contributed by atoms with van der Waals surface area (Å²) < 4.78 is 5.72.